The summed E-state index contributed by atoms with van der Waals surface area (Å²) in [5.74, 6) is 1.65. The number of carbonyl (C=O) groups is 1. The minimum Gasteiger partial charge on any atom is -0.355 e. The fraction of sp³-hybridized carbons (Fsp3) is 0.846. The Labute approximate surface area is 108 Å². The number of hydrogen-bond acceptors (Lipinski definition) is 3. The molecule has 17 heavy (non-hydrogen) atoms. The highest BCUT2D eigenvalue weighted by Gasteiger charge is 2.48. The fourth-order valence-electron chi connectivity index (χ4n) is 2.38. The lowest BCUT2D eigenvalue weighted by Gasteiger charge is -2.39. The van der Waals surface area contributed by atoms with Crippen LogP contribution in [0, 0.1) is 22.7 Å². The Balaban J connectivity index is 2.15. The average Bonchev–Trinajstić information content (AvgIpc) is 2.29. The lowest BCUT2D eigenvalue weighted by atomic mass is 9.63. The van der Waals surface area contributed by atoms with Gasteiger partial charge in [-0.3, -0.25) is 4.79 Å². The Hall–Kier alpha value is -0.690. The highest BCUT2D eigenvalue weighted by atomic mass is 32.2. The molecule has 1 saturated carbocycles. The maximum absolute atomic E-state index is 11.9. The predicted molar refractivity (Wildman–Crippen MR) is 71.7 cm³/mol. The first kappa shape index (κ1) is 14.4. The smallest absolute Gasteiger partial charge is 0.240 e. The number of thioether (sulfide) groups is 1. The second kappa shape index (κ2) is 6.90. The van der Waals surface area contributed by atoms with E-state index in [4.69, 9.17) is 5.26 Å². The van der Waals surface area contributed by atoms with Gasteiger partial charge < -0.3 is 5.32 Å². The molecule has 0 aliphatic heterocycles. The first-order valence-corrected chi connectivity index (χ1v) is 7.72. The van der Waals surface area contributed by atoms with E-state index >= 15 is 0 Å². The van der Waals surface area contributed by atoms with Gasteiger partial charge >= 0.3 is 0 Å². The van der Waals surface area contributed by atoms with E-state index in [1.165, 1.54) is 12.2 Å². The molecule has 0 spiro atoms. The molecule has 0 atom stereocenters. The van der Waals surface area contributed by atoms with Gasteiger partial charge in [-0.25, -0.2) is 0 Å². The third-order valence-corrected chi connectivity index (χ3v) is 4.05. The topological polar surface area (TPSA) is 52.9 Å². The normalized spacial score (nSPS) is 27.0. The van der Waals surface area contributed by atoms with Gasteiger partial charge in [-0.2, -0.15) is 17.0 Å². The van der Waals surface area contributed by atoms with E-state index in [0.717, 1.165) is 25.7 Å². The second-order valence-electron chi connectivity index (χ2n) is 5.02. The van der Waals surface area contributed by atoms with Crippen LogP contribution in [-0.4, -0.2) is 24.5 Å². The molecule has 0 saturated heterocycles. The number of rotatable bonds is 7. The number of carbonyl (C=O) groups excluding carboxylic acids is 1. The third kappa shape index (κ3) is 3.92. The molecule has 1 aliphatic rings. The summed E-state index contributed by atoms with van der Waals surface area (Å²) in [6.45, 7) is 2.80. The molecular formula is C13H22N2OS. The highest BCUT2D eigenvalue weighted by Crippen LogP contribution is 2.44. The van der Waals surface area contributed by atoms with Gasteiger partial charge in [0.15, 0.2) is 0 Å². The summed E-state index contributed by atoms with van der Waals surface area (Å²) in [5, 5.41) is 12.0. The molecule has 1 aliphatic carbocycles. The van der Waals surface area contributed by atoms with Crippen LogP contribution < -0.4 is 5.32 Å². The molecule has 0 aromatic heterocycles. The molecule has 0 bridgehead atoms. The quantitative estimate of drug-likeness (QED) is 0.710. The minimum absolute atomic E-state index is 0.0528. The summed E-state index contributed by atoms with van der Waals surface area (Å²) in [6.07, 6.45) is 6.93. The Morgan fingerprint density at radius 3 is 2.71 bits per heavy atom. The third-order valence-electron chi connectivity index (χ3n) is 3.35. The first-order chi connectivity index (χ1) is 8.14. The number of nitriles is 1. The Bertz CT molecular complexity index is 292. The summed E-state index contributed by atoms with van der Waals surface area (Å²) >= 11 is 1.86. The molecule has 1 amide bonds. The van der Waals surface area contributed by atoms with Gasteiger partial charge in [-0.15, -0.1) is 0 Å². The summed E-state index contributed by atoms with van der Waals surface area (Å²) in [4.78, 5) is 11.9. The van der Waals surface area contributed by atoms with Crippen LogP contribution in [0.3, 0.4) is 0 Å². The molecule has 0 heterocycles. The van der Waals surface area contributed by atoms with Gasteiger partial charge in [0.25, 0.3) is 0 Å². The zero-order valence-corrected chi connectivity index (χ0v) is 11.6. The molecular weight excluding hydrogens is 232 g/mol. The Morgan fingerprint density at radius 1 is 1.47 bits per heavy atom. The van der Waals surface area contributed by atoms with E-state index < -0.39 is 5.41 Å². The van der Waals surface area contributed by atoms with Crippen LogP contribution in [0.2, 0.25) is 0 Å². The standard InChI is InChI=1S/C13H22N2OS/c1-11-8-13(9-11,10-14)12(16)15-6-4-3-5-7-17-2/h11H,3-9H2,1-2H3,(H,15,16). The van der Waals surface area contributed by atoms with Crippen molar-refractivity contribution in [2.75, 3.05) is 18.6 Å². The highest BCUT2D eigenvalue weighted by molar-refractivity contribution is 7.98. The number of nitrogens with zero attached hydrogens (tertiary/aromatic N) is 1. The monoisotopic (exact) mass is 254 g/mol. The van der Waals surface area contributed by atoms with Crippen molar-refractivity contribution in [3.63, 3.8) is 0 Å². The second-order valence-corrected chi connectivity index (χ2v) is 6.00. The van der Waals surface area contributed by atoms with Crippen molar-refractivity contribution < 1.29 is 4.79 Å². The van der Waals surface area contributed by atoms with Crippen LogP contribution in [0.25, 0.3) is 0 Å². The maximum atomic E-state index is 11.9. The first-order valence-electron chi connectivity index (χ1n) is 6.33. The van der Waals surface area contributed by atoms with Crippen LogP contribution in [0.15, 0.2) is 0 Å². The predicted octanol–water partition coefficient (Wildman–Crippen LogP) is 2.58. The van der Waals surface area contributed by atoms with Gasteiger partial charge in [-0.1, -0.05) is 13.3 Å². The van der Waals surface area contributed by atoms with E-state index in [-0.39, 0.29) is 5.91 Å². The number of amides is 1. The summed E-state index contributed by atoms with van der Waals surface area (Å²) in [6, 6.07) is 2.19. The maximum Gasteiger partial charge on any atom is 0.240 e. The summed E-state index contributed by atoms with van der Waals surface area (Å²) in [5.41, 5.74) is -0.710. The number of hydrogen-bond donors (Lipinski definition) is 1. The lowest BCUT2D eigenvalue weighted by Crippen LogP contribution is -2.48. The van der Waals surface area contributed by atoms with Crippen LogP contribution >= 0.6 is 11.8 Å². The average molecular weight is 254 g/mol. The molecule has 4 heteroatoms. The van der Waals surface area contributed by atoms with E-state index in [1.54, 1.807) is 0 Å². The fourth-order valence-corrected chi connectivity index (χ4v) is 2.87. The van der Waals surface area contributed by atoms with Gasteiger partial charge in [0, 0.05) is 6.54 Å². The van der Waals surface area contributed by atoms with Crippen molar-refractivity contribution in [3.8, 4) is 6.07 Å². The molecule has 1 rings (SSSR count). The molecule has 1 N–H and O–H groups in total. The zero-order valence-electron chi connectivity index (χ0n) is 10.8. The zero-order chi connectivity index (χ0) is 12.7. The molecule has 3 nitrogen and oxygen atoms in total. The number of unbranched alkanes of at least 4 members (excludes halogenated alkanes) is 2. The summed E-state index contributed by atoms with van der Waals surface area (Å²) < 4.78 is 0. The van der Waals surface area contributed by atoms with Crippen LogP contribution in [0.1, 0.15) is 39.0 Å². The van der Waals surface area contributed by atoms with Crippen LogP contribution in [0.5, 0.6) is 0 Å². The van der Waals surface area contributed by atoms with Crippen molar-refractivity contribution in [1.29, 1.82) is 5.26 Å². The molecule has 96 valence electrons. The lowest BCUT2D eigenvalue weighted by molar-refractivity contribution is -0.133. The van der Waals surface area contributed by atoms with Gasteiger partial charge in [0.1, 0.15) is 5.41 Å². The van der Waals surface area contributed by atoms with E-state index in [0.29, 0.717) is 12.5 Å². The molecule has 0 aromatic rings. The van der Waals surface area contributed by atoms with Gasteiger partial charge in [0.05, 0.1) is 6.07 Å². The molecule has 0 aromatic carbocycles. The number of nitrogens with one attached hydrogen (secondary N) is 1. The van der Waals surface area contributed by atoms with Gasteiger partial charge in [0.2, 0.25) is 5.91 Å². The minimum atomic E-state index is -0.710. The molecule has 0 radical (unpaired) electrons. The summed E-state index contributed by atoms with van der Waals surface area (Å²) in [7, 11) is 0. The van der Waals surface area contributed by atoms with Gasteiger partial charge in [-0.05, 0) is 43.6 Å². The Kier molecular flexibility index (Phi) is 5.84. The van der Waals surface area contributed by atoms with Crippen molar-refractivity contribution in [2.24, 2.45) is 11.3 Å². The van der Waals surface area contributed by atoms with Crippen molar-refractivity contribution in [2.45, 2.75) is 39.0 Å². The van der Waals surface area contributed by atoms with Crippen LogP contribution in [-0.2, 0) is 4.79 Å². The molecule has 0 unspecified atom stereocenters. The Morgan fingerprint density at radius 2 is 2.18 bits per heavy atom. The van der Waals surface area contributed by atoms with Crippen molar-refractivity contribution >= 4 is 17.7 Å². The largest absolute Gasteiger partial charge is 0.355 e. The van der Waals surface area contributed by atoms with Crippen LogP contribution in [0.4, 0.5) is 0 Å². The molecule has 1 fully saturated rings. The van der Waals surface area contributed by atoms with Crippen molar-refractivity contribution in [3.05, 3.63) is 0 Å². The van der Waals surface area contributed by atoms with E-state index in [1.807, 2.05) is 11.8 Å². The van der Waals surface area contributed by atoms with E-state index in [9.17, 15) is 4.79 Å². The SMILES string of the molecule is CSCCCCCNC(=O)C1(C#N)CC(C)C1. The van der Waals surface area contributed by atoms with E-state index in [2.05, 4.69) is 24.6 Å². The van der Waals surface area contributed by atoms with Crippen molar-refractivity contribution in [1.82, 2.24) is 5.32 Å².